The average molecular weight is 384 g/mol. The number of fused-ring (bicyclic) bond motifs is 1. The number of carbonyl (C=O) groups excluding carboxylic acids is 1. The van der Waals surface area contributed by atoms with E-state index in [1.807, 2.05) is 44.4 Å². The van der Waals surface area contributed by atoms with Gasteiger partial charge in [-0.2, -0.15) is 0 Å². The summed E-state index contributed by atoms with van der Waals surface area (Å²) in [5.74, 6) is 0. The van der Waals surface area contributed by atoms with E-state index >= 15 is 0 Å². The summed E-state index contributed by atoms with van der Waals surface area (Å²) in [5.41, 5.74) is 5.00. The number of aromatic nitrogens is 2. The molecule has 2 heterocycles. The van der Waals surface area contributed by atoms with Crippen LogP contribution in [-0.4, -0.2) is 28.8 Å². The van der Waals surface area contributed by atoms with E-state index in [0.29, 0.717) is 24.7 Å². The van der Waals surface area contributed by atoms with Gasteiger partial charge in [-0.25, -0.2) is 4.79 Å². The van der Waals surface area contributed by atoms with Gasteiger partial charge in [-0.05, 0) is 37.4 Å². The second kappa shape index (κ2) is 8.22. The van der Waals surface area contributed by atoms with Crippen molar-refractivity contribution in [1.29, 1.82) is 0 Å². The third-order valence-corrected chi connectivity index (χ3v) is 4.63. The molecule has 0 unspecified atom stereocenters. The zero-order valence-electron chi connectivity index (χ0n) is 15.4. The molecule has 7 heteroatoms. The first-order valence-electron chi connectivity index (χ1n) is 8.70. The van der Waals surface area contributed by atoms with Gasteiger partial charge in [0, 0.05) is 54.1 Å². The zero-order valence-corrected chi connectivity index (χ0v) is 16.2. The second-order valence-electron chi connectivity index (χ2n) is 6.22. The van der Waals surface area contributed by atoms with E-state index in [4.69, 9.17) is 11.6 Å². The first-order chi connectivity index (χ1) is 13.0. The van der Waals surface area contributed by atoms with Crippen molar-refractivity contribution in [2.24, 2.45) is 12.0 Å². The fourth-order valence-electron chi connectivity index (χ4n) is 3.25. The number of nitrogens with one attached hydrogen (secondary N) is 2. The fourth-order valence-corrected chi connectivity index (χ4v) is 3.41. The Morgan fingerprint density at radius 3 is 2.85 bits per heavy atom. The highest BCUT2D eigenvalue weighted by Gasteiger charge is 2.17. The highest BCUT2D eigenvalue weighted by Crippen LogP contribution is 2.34. The predicted octanol–water partition coefficient (Wildman–Crippen LogP) is 3.91. The van der Waals surface area contributed by atoms with Crippen molar-refractivity contribution in [2.45, 2.75) is 20.0 Å². The number of aryl methyl sites for hydroxylation is 1. The Bertz CT molecular complexity index is 995. The highest BCUT2D eigenvalue weighted by molar-refractivity contribution is 6.31. The minimum atomic E-state index is -0.196. The number of nitrogens with zero attached hydrogens (tertiary/aromatic N) is 3. The van der Waals surface area contributed by atoms with Crippen LogP contribution in [0.4, 0.5) is 4.79 Å². The maximum Gasteiger partial charge on any atom is 0.315 e. The number of hydrogen-bond donors (Lipinski definition) is 2. The third-order valence-electron chi connectivity index (χ3n) is 4.40. The van der Waals surface area contributed by atoms with Gasteiger partial charge >= 0.3 is 6.03 Å². The number of rotatable bonds is 6. The van der Waals surface area contributed by atoms with Crippen molar-refractivity contribution in [3.63, 3.8) is 0 Å². The van der Waals surface area contributed by atoms with Crippen LogP contribution in [0.25, 0.3) is 22.2 Å². The highest BCUT2D eigenvalue weighted by atomic mass is 35.5. The molecule has 140 valence electrons. The van der Waals surface area contributed by atoms with Crippen LogP contribution in [0.3, 0.4) is 0 Å². The lowest BCUT2D eigenvalue weighted by atomic mass is 10.1. The van der Waals surface area contributed by atoms with Gasteiger partial charge in [0.15, 0.2) is 0 Å². The predicted molar refractivity (Wildman–Crippen MR) is 110 cm³/mol. The van der Waals surface area contributed by atoms with E-state index < -0.39 is 0 Å². The summed E-state index contributed by atoms with van der Waals surface area (Å²) >= 11 is 6.19. The maximum atomic E-state index is 11.6. The molecule has 0 fully saturated rings. The molecule has 0 aliphatic heterocycles. The van der Waals surface area contributed by atoms with Crippen molar-refractivity contribution in [2.75, 3.05) is 6.54 Å². The fraction of sp³-hybridized carbons (Fsp3) is 0.250. The minimum absolute atomic E-state index is 0.196. The van der Waals surface area contributed by atoms with Crippen LogP contribution in [0.2, 0.25) is 5.02 Å². The molecule has 0 bridgehead atoms. The van der Waals surface area contributed by atoms with Crippen molar-refractivity contribution < 1.29 is 4.79 Å². The van der Waals surface area contributed by atoms with E-state index in [2.05, 4.69) is 31.9 Å². The third kappa shape index (κ3) is 3.95. The van der Waals surface area contributed by atoms with Crippen molar-refractivity contribution >= 4 is 35.3 Å². The largest absolute Gasteiger partial charge is 0.343 e. The van der Waals surface area contributed by atoms with Gasteiger partial charge < -0.3 is 15.2 Å². The van der Waals surface area contributed by atoms with Gasteiger partial charge in [-0.1, -0.05) is 17.7 Å². The smallest absolute Gasteiger partial charge is 0.315 e. The Labute approximate surface area is 163 Å². The normalized spacial score (nSPS) is 10.8. The summed E-state index contributed by atoms with van der Waals surface area (Å²) in [6.07, 6.45) is 3.57. The number of aliphatic imine (C=N–C) groups is 1. The lowest BCUT2D eigenvalue weighted by molar-refractivity contribution is 0.241. The molecule has 0 radical (unpaired) electrons. The number of amides is 2. The number of carbonyl (C=O) groups is 1. The van der Waals surface area contributed by atoms with Crippen LogP contribution < -0.4 is 10.6 Å². The van der Waals surface area contributed by atoms with Crippen LogP contribution in [-0.2, 0) is 20.1 Å². The minimum Gasteiger partial charge on any atom is -0.343 e. The molecule has 0 saturated heterocycles. The molecule has 3 rings (SSSR count). The molecular formula is C20H22ClN5O. The maximum absolute atomic E-state index is 11.6. The number of pyridine rings is 1. The van der Waals surface area contributed by atoms with Crippen molar-refractivity contribution in [3.8, 4) is 11.3 Å². The average Bonchev–Trinajstić information content (AvgIpc) is 2.92. The molecule has 3 aromatic rings. The summed E-state index contributed by atoms with van der Waals surface area (Å²) in [7, 11) is 2.00. The van der Waals surface area contributed by atoms with Gasteiger partial charge in [-0.3, -0.25) is 9.98 Å². The van der Waals surface area contributed by atoms with E-state index in [1.54, 1.807) is 6.20 Å². The topological polar surface area (TPSA) is 71.3 Å². The Balaban J connectivity index is 2.03. The molecule has 2 amide bonds. The van der Waals surface area contributed by atoms with E-state index in [9.17, 15) is 4.79 Å². The molecule has 0 aliphatic rings. The summed E-state index contributed by atoms with van der Waals surface area (Å²) < 4.78 is 2.10. The molecular weight excluding hydrogens is 362 g/mol. The van der Waals surface area contributed by atoms with Gasteiger partial charge in [0.1, 0.15) is 0 Å². The van der Waals surface area contributed by atoms with E-state index in [1.165, 1.54) is 0 Å². The number of hydrogen-bond acceptors (Lipinski definition) is 3. The first-order valence-corrected chi connectivity index (χ1v) is 9.08. The van der Waals surface area contributed by atoms with Crippen molar-refractivity contribution in [3.05, 3.63) is 52.8 Å². The quantitative estimate of drug-likeness (QED) is 0.633. The SMILES string of the molecule is C=NCc1c(-c2cncc(CNC(=O)NCC)c2)n(C)c2cc(Cl)ccc12. The Kier molecular flexibility index (Phi) is 5.76. The van der Waals surface area contributed by atoms with Crippen molar-refractivity contribution in [1.82, 2.24) is 20.2 Å². The molecule has 27 heavy (non-hydrogen) atoms. The van der Waals surface area contributed by atoms with E-state index in [-0.39, 0.29) is 6.03 Å². The number of halogens is 1. The molecule has 0 spiro atoms. The Morgan fingerprint density at radius 2 is 2.11 bits per heavy atom. The van der Waals surface area contributed by atoms with Crippen LogP contribution in [0.15, 0.2) is 41.7 Å². The van der Waals surface area contributed by atoms with Crippen LogP contribution in [0.1, 0.15) is 18.1 Å². The number of benzene rings is 1. The molecule has 0 aliphatic carbocycles. The lowest BCUT2D eigenvalue weighted by Gasteiger charge is -2.10. The second-order valence-corrected chi connectivity index (χ2v) is 6.66. The summed E-state index contributed by atoms with van der Waals surface area (Å²) in [4.78, 5) is 20.1. The molecule has 0 saturated carbocycles. The van der Waals surface area contributed by atoms with Crippen LogP contribution in [0.5, 0.6) is 0 Å². The molecule has 1 aromatic carbocycles. The summed E-state index contributed by atoms with van der Waals surface area (Å²) in [5, 5.41) is 7.32. The standard InChI is InChI=1S/C20H22ClN5O/c1-4-24-20(27)25-10-13-7-14(11-23-9-13)19-17(12-22-2)16-6-5-15(21)8-18(16)26(19)3/h5-9,11H,2,4,10,12H2,1,3H3,(H2,24,25,27). The molecule has 6 nitrogen and oxygen atoms in total. The summed E-state index contributed by atoms with van der Waals surface area (Å²) in [6, 6.07) is 7.67. The lowest BCUT2D eigenvalue weighted by Crippen LogP contribution is -2.34. The Morgan fingerprint density at radius 1 is 1.30 bits per heavy atom. The van der Waals surface area contributed by atoms with E-state index in [0.717, 1.165) is 33.3 Å². The number of urea groups is 1. The summed E-state index contributed by atoms with van der Waals surface area (Å²) in [6.45, 7) is 7.01. The first kappa shape index (κ1) is 18.9. The van der Waals surface area contributed by atoms with Crippen LogP contribution >= 0.6 is 11.6 Å². The van der Waals surface area contributed by atoms with Gasteiger partial charge in [0.05, 0.1) is 17.8 Å². The molecule has 2 N–H and O–H groups in total. The Hall–Kier alpha value is -2.86. The monoisotopic (exact) mass is 383 g/mol. The zero-order chi connectivity index (χ0) is 19.4. The molecule has 0 atom stereocenters. The molecule has 2 aromatic heterocycles. The van der Waals surface area contributed by atoms with Gasteiger partial charge in [0.25, 0.3) is 0 Å². The van der Waals surface area contributed by atoms with Crippen LogP contribution in [0, 0.1) is 0 Å². The van der Waals surface area contributed by atoms with Gasteiger partial charge in [0.2, 0.25) is 0 Å². The van der Waals surface area contributed by atoms with Gasteiger partial charge in [-0.15, -0.1) is 0 Å².